The number of benzene rings is 1. The number of fused-ring (bicyclic) bond motifs is 1. The normalized spacial score (nSPS) is 24.4. The van der Waals surface area contributed by atoms with Crippen LogP contribution in [-0.4, -0.2) is 96.0 Å². The smallest absolute Gasteiger partial charge is 0.410 e. The van der Waals surface area contributed by atoms with Crippen molar-refractivity contribution in [2.75, 3.05) is 50.7 Å². The number of likely N-dealkylation sites (tertiary alicyclic amines) is 2. The third-order valence-corrected chi connectivity index (χ3v) is 10.7. The van der Waals surface area contributed by atoms with E-state index in [0.29, 0.717) is 28.7 Å². The Morgan fingerprint density at radius 1 is 0.891 bits per heavy atom. The maximum absolute atomic E-state index is 15.8. The number of piperidine rings is 4. The zero-order valence-corrected chi connectivity index (χ0v) is 27.7. The molecule has 10 nitrogen and oxygen atoms in total. The molecular formula is C35H50FN5O5. The number of amides is 4. The number of halogens is 1. The van der Waals surface area contributed by atoms with Gasteiger partial charge in [0.25, 0.3) is 5.91 Å². The number of hydrogen-bond donors (Lipinski definition) is 1. The first-order valence-electron chi connectivity index (χ1n) is 17.4. The summed E-state index contributed by atoms with van der Waals surface area (Å²) in [6.07, 6.45) is 8.14. The highest BCUT2D eigenvalue weighted by Gasteiger charge is 2.41. The van der Waals surface area contributed by atoms with Gasteiger partial charge in [-0.1, -0.05) is 0 Å². The van der Waals surface area contributed by atoms with Gasteiger partial charge in [-0.15, -0.1) is 0 Å². The second-order valence-electron chi connectivity index (χ2n) is 15.1. The Bertz CT molecular complexity index is 1320. The maximum Gasteiger partial charge on any atom is 0.410 e. The van der Waals surface area contributed by atoms with Gasteiger partial charge in [0, 0.05) is 50.3 Å². The number of nitrogens with zero attached hydrogens (tertiary/aromatic N) is 4. The Labute approximate surface area is 271 Å². The molecule has 0 saturated carbocycles. The molecule has 0 aromatic heterocycles. The van der Waals surface area contributed by atoms with Crippen LogP contribution in [0.5, 0.6) is 0 Å². The topological polar surface area (TPSA) is 102 Å². The van der Waals surface area contributed by atoms with Crippen molar-refractivity contribution in [1.29, 1.82) is 0 Å². The van der Waals surface area contributed by atoms with Gasteiger partial charge in [-0.3, -0.25) is 19.7 Å². The first-order valence-corrected chi connectivity index (χ1v) is 17.4. The van der Waals surface area contributed by atoms with E-state index in [-0.39, 0.29) is 43.1 Å². The molecule has 46 heavy (non-hydrogen) atoms. The van der Waals surface area contributed by atoms with E-state index >= 15 is 4.39 Å². The number of ether oxygens (including phenoxy) is 1. The monoisotopic (exact) mass is 639 g/mol. The van der Waals surface area contributed by atoms with E-state index in [1.165, 1.54) is 24.2 Å². The summed E-state index contributed by atoms with van der Waals surface area (Å²) in [7, 11) is 0. The molecule has 0 aliphatic carbocycles. The number of carbonyl (C=O) groups is 4. The zero-order chi connectivity index (χ0) is 32.6. The first-order chi connectivity index (χ1) is 21.9. The number of carbonyl (C=O) groups excluding carboxylic acids is 4. The van der Waals surface area contributed by atoms with Crippen molar-refractivity contribution in [2.45, 2.75) is 96.7 Å². The molecule has 0 spiro atoms. The quantitative estimate of drug-likeness (QED) is 0.456. The number of hydrogen-bond acceptors (Lipinski definition) is 7. The Morgan fingerprint density at radius 3 is 2.15 bits per heavy atom. The molecule has 252 valence electrons. The molecule has 4 fully saturated rings. The fraction of sp³-hybridized carbons (Fsp3) is 0.714. The molecule has 0 bridgehead atoms. The van der Waals surface area contributed by atoms with Crippen LogP contribution in [0.15, 0.2) is 12.1 Å². The predicted octanol–water partition coefficient (Wildman–Crippen LogP) is 4.55. The summed E-state index contributed by atoms with van der Waals surface area (Å²) in [4.78, 5) is 57.4. The van der Waals surface area contributed by atoms with E-state index < -0.39 is 17.6 Å². The summed E-state index contributed by atoms with van der Waals surface area (Å²) in [5, 5.41) is 2.30. The Hall–Kier alpha value is -3.21. The van der Waals surface area contributed by atoms with Crippen molar-refractivity contribution in [3.8, 4) is 0 Å². The van der Waals surface area contributed by atoms with Crippen LogP contribution in [0.1, 0.15) is 94.5 Å². The molecule has 1 atom stereocenters. The van der Waals surface area contributed by atoms with Crippen LogP contribution in [-0.2, 0) is 20.9 Å². The standard InChI is InChI=1S/C35H50FN5O5/c1-35(2,3)46-34(45)40-18-10-24(11-19-40)20-23-8-14-38(15-9-23)21-25-12-16-39(17-13-25)28-5-4-26-27(31(28)36)22-41(33(26)44)29-6-7-30(42)37-32(29)43/h4-5,23-25,29H,6-22H2,1-3H3,(H,37,42,43). The zero-order valence-electron chi connectivity index (χ0n) is 27.7. The van der Waals surface area contributed by atoms with Crippen LogP contribution in [0.4, 0.5) is 14.9 Å². The lowest BCUT2D eigenvalue weighted by Crippen LogP contribution is -2.52. The van der Waals surface area contributed by atoms with E-state index in [4.69, 9.17) is 4.74 Å². The molecule has 1 aromatic rings. The minimum Gasteiger partial charge on any atom is -0.444 e. The maximum atomic E-state index is 15.8. The Morgan fingerprint density at radius 2 is 1.52 bits per heavy atom. The van der Waals surface area contributed by atoms with E-state index in [0.717, 1.165) is 77.4 Å². The molecule has 4 amide bonds. The van der Waals surface area contributed by atoms with E-state index in [1.807, 2.05) is 25.7 Å². The summed E-state index contributed by atoms with van der Waals surface area (Å²) in [6, 6.07) is 2.67. The van der Waals surface area contributed by atoms with Crippen molar-refractivity contribution in [3.63, 3.8) is 0 Å². The van der Waals surface area contributed by atoms with Crippen molar-refractivity contribution >= 4 is 29.5 Å². The molecular weight excluding hydrogens is 589 g/mol. The van der Waals surface area contributed by atoms with Gasteiger partial charge >= 0.3 is 6.09 Å². The molecule has 1 N–H and O–H groups in total. The van der Waals surface area contributed by atoms with Crippen molar-refractivity contribution in [3.05, 3.63) is 29.1 Å². The third kappa shape index (κ3) is 7.34. The Balaban J connectivity index is 0.925. The summed E-state index contributed by atoms with van der Waals surface area (Å²) >= 11 is 0. The lowest BCUT2D eigenvalue weighted by Gasteiger charge is -2.39. The molecule has 4 saturated heterocycles. The molecule has 6 rings (SSSR count). The lowest BCUT2D eigenvalue weighted by molar-refractivity contribution is -0.136. The highest BCUT2D eigenvalue weighted by molar-refractivity contribution is 6.05. The largest absolute Gasteiger partial charge is 0.444 e. The highest BCUT2D eigenvalue weighted by atomic mass is 19.1. The van der Waals surface area contributed by atoms with Gasteiger partial charge in [0.2, 0.25) is 11.8 Å². The summed E-state index contributed by atoms with van der Waals surface area (Å²) in [6.45, 7) is 12.3. The van der Waals surface area contributed by atoms with Crippen LogP contribution in [0, 0.1) is 23.6 Å². The van der Waals surface area contributed by atoms with Gasteiger partial charge < -0.3 is 24.3 Å². The van der Waals surface area contributed by atoms with E-state index in [2.05, 4.69) is 15.1 Å². The van der Waals surface area contributed by atoms with E-state index in [9.17, 15) is 19.2 Å². The van der Waals surface area contributed by atoms with Gasteiger partial charge in [-0.25, -0.2) is 9.18 Å². The molecule has 1 aromatic carbocycles. The van der Waals surface area contributed by atoms with Gasteiger partial charge in [0.05, 0.1) is 12.2 Å². The lowest BCUT2D eigenvalue weighted by atomic mass is 9.82. The fourth-order valence-corrected chi connectivity index (χ4v) is 8.11. The van der Waals surface area contributed by atoms with Crippen LogP contribution < -0.4 is 10.2 Å². The summed E-state index contributed by atoms with van der Waals surface area (Å²) in [5.74, 6) is 0.512. The number of imide groups is 1. The molecule has 1 unspecified atom stereocenters. The Kier molecular flexibility index (Phi) is 9.60. The van der Waals surface area contributed by atoms with Gasteiger partial charge in [-0.2, -0.15) is 0 Å². The second-order valence-corrected chi connectivity index (χ2v) is 15.1. The van der Waals surface area contributed by atoms with Gasteiger partial charge in [-0.05, 0) is 115 Å². The number of nitrogens with one attached hydrogen (secondary N) is 1. The van der Waals surface area contributed by atoms with Crippen LogP contribution in [0.25, 0.3) is 0 Å². The molecule has 11 heteroatoms. The highest BCUT2D eigenvalue weighted by Crippen LogP contribution is 2.36. The SMILES string of the molecule is CC(C)(C)OC(=O)N1CCC(CC2CCN(CC3CCN(c4ccc5c(c4F)CN(C4CCC(=O)NC4=O)C5=O)CC3)CC2)CC1. The second kappa shape index (κ2) is 13.5. The number of rotatable bonds is 6. The average Bonchev–Trinajstić information content (AvgIpc) is 3.35. The minimum absolute atomic E-state index is 0.0534. The van der Waals surface area contributed by atoms with Crippen molar-refractivity contribution in [2.24, 2.45) is 17.8 Å². The van der Waals surface area contributed by atoms with Crippen LogP contribution in [0.3, 0.4) is 0 Å². The molecule has 5 aliphatic rings. The predicted molar refractivity (Wildman–Crippen MR) is 172 cm³/mol. The van der Waals surface area contributed by atoms with Gasteiger partial charge in [0.1, 0.15) is 11.6 Å². The van der Waals surface area contributed by atoms with Gasteiger partial charge in [0.15, 0.2) is 5.82 Å². The summed E-state index contributed by atoms with van der Waals surface area (Å²) in [5.41, 5.74) is 0.751. The van der Waals surface area contributed by atoms with Crippen molar-refractivity contribution < 1.29 is 28.3 Å². The van der Waals surface area contributed by atoms with E-state index in [1.54, 1.807) is 12.1 Å². The summed E-state index contributed by atoms with van der Waals surface area (Å²) < 4.78 is 21.4. The average molecular weight is 640 g/mol. The number of anilines is 1. The molecule has 5 aliphatic heterocycles. The minimum atomic E-state index is -0.745. The molecule has 0 radical (unpaired) electrons. The fourth-order valence-electron chi connectivity index (χ4n) is 8.11. The third-order valence-electron chi connectivity index (χ3n) is 10.7. The van der Waals surface area contributed by atoms with Crippen LogP contribution >= 0.6 is 0 Å². The van der Waals surface area contributed by atoms with Crippen molar-refractivity contribution in [1.82, 2.24) is 20.0 Å². The molecule has 5 heterocycles. The first kappa shape index (κ1) is 32.7. The van der Waals surface area contributed by atoms with Crippen LogP contribution in [0.2, 0.25) is 0 Å².